The minimum atomic E-state index is 0.697. The average molecular weight is 164 g/mol. The van der Waals surface area contributed by atoms with Gasteiger partial charge in [0.05, 0.1) is 0 Å². The van der Waals surface area contributed by atoms with E-state index < -0.39 is 0 Å². The summed E-state index contributed by atoms with van der Waals surface area (Å²) in [5, 5.41) is 0. The van der Waals surface area contributed by atoms with Gasteiger partial charge in [-0.25, -0.2) is 0 Å². The van der Waals surface area contributed by atoms with E-state index in [9.17, 15) is 0 Å². The molecule has 0 aliphatic carbocycles. The Morgan fingerprint density at radius 2 is 2.10 bits per heavy atom. The SMILES string of the molecule is CCC(C)N(C)CCCCl. The Labute approximate surface area is 69.4 Å². The summed E-state index contributed by atoms with van der Waals surface area (Å²) >= 11 is 5.57. The van der Waals surface area contributed by atoms with E-state index in [1.807, 2.05) is 0 Å². The van der Waals surface area contributed by atoms with Gasteiger partial charge in [-0.05, 0) is 33.4 Å². The van der Waals surface area contributed by atoms with Crippen LogP contribution in [0.3, 0.4) is 0 Å². The van der Waals surface area contributed by atoms with Crippen molar-refractivity contribution < 1.29 is 0 Å². The van der Waals surface area contributed by atoms with Gasteiger partial charge in [-0.3, -0.25) is 0 Å². The van der Waals surface area contributed by atoms with Crippen molar-refractivity contribution >= 4 is 11.6 Å². The molecule has 0 heterocycles. The summed E-state index contributed by atoms with van der Waals surface area (Å²) in [5.41, 5.74) is 0. The molecule has 0 bridgehead atoms. The molecular weight excluding hydrogens is 146 g/mol. The highest BCUT2D eigenvalue weighted by Crippen LogP contribution is 2.00. The van der Waals surface area contributed by atoms with Crippen molar-refractivity contribution in [2.75, 3.05) is 19.5 Å². The third-order valence-corrected chi connectivity index (χ3v) is 2.25. The van der Waals surface area contributed by atoms with Crippen molar-refractivity contribution in [2.45, 2.75) is 32.7 Å². The molecule has 0 spiro atoms. The van der Waals surface area contributed by atoms with E-state index in [4.69, 9.17) is 11.6 Å². The highest BCUT2D eigenvalue weighted by Gasteiger charge is 2.04. The second kappa shape index (κ2) is 5.99. The van der Waals surface area contributed by atoms with Gasteiger partial charge in [-0.15, -0.1) is 11.6 Å². The molecule has 0 aliphatic heterocycles. The lowest BCUT2D eigenvalue weighted by Gasteiger charge is -2.22. The average Bonchev–Trinajstić information content (AvgIpc) is 1.98. The van der Waals surface area contributed by atoms with E-state index >= 15 is 0 Å². The lowest BCUT2D eigenvalue weighted by molar-refractivity contribution is 0.253. The standard InChI is InChI=1S/C8H18ClN/c1-4-8(2)10(3)7-5-6-9/h8H,4-7H2,1-3H3. The van der Waals surface area contributed by atoms with Crippen molar-refractivity contribution in [3.05, 3.63) is 0 Å². The maximum atomic E-state index is 5.57. The first-order valence-electron chi connectivity index (χ1n) is 3.98. The predicted molar refractivity (Wildman–Crippen MR) is 47.7 cm³/mol. The smallest absolute Gasteiger partial charge is 0.0235 e. The van der Waals surface area contributed by atoms with Crippen molar-refractivity contribution in [1.82, 2.24) is 4.90 Å². The summed E-state index contributed by atoms with van der Waals surface area (Å²) in [5.74, 6) is 0.779. The van der Waals surface area contributed by atoms with Crippen LogP contribution in [-0.2, 0) is 0 Å². The number of alkyl halides is 1. The fraction of sp³-hybridized carbons (Fsp3) is 1.00. The largest absolute Gasteiger partial charge is 0.304 e. The molecule has 1 atom stereocenters. The molecule has 62 valence electrons. The number of rotatable bonds is 5. The van der Waals surface area contributed by atoms with E-state index in [0.29, 0.717) is 6.04 Å². The summed E-state index contributed by atoms with van der Waals surface area (Å²) in [6.45, 7) is 5.58. The molecule has 0 saturated carbocycles. The van der Waals surface area contributed by atoms with Crippen LogP contribution in [-0.4, -0.2) is 30.4 Å². The maximum Gasteiger partial charge on any atom is 0.0235 e. The molecule has 0 aliphatic rings. The molecular formula is C8H18ClN. The van der Waals surface area contributed by atoms with Gasteiger partial charge in [0.15, 0.2) is 0 Å². The van der Waals surface area contributed by atoms with Crippen molar-refractivity contribution in [1.29, 1.82) is 0 Å². The summed E-state index contributed by atoms with van der Waals surface area (Å²) < 4.78 is 0. The Kier molecular flexibility index (Phi) is 6.14. The van der Waals surface area contributed by atoms with Crippen molar-refractivity contribution in [3.8, 4) is 0 Å². The van der Waals surface area contributed by atoms with Gasteiger partial charge in [-0.1, -0.05) is 6.92 Å². The Morgan fingerprint density at radius 3 is 2.50 bits per heavy atom. The Balaban J connectivity index is 3.31. The molecule has 0 fully saturated rings. The Hall–Kier alpha value is 0.250. The molecule has 10 heavy (non-hydrogen) atoms. The topological polar surface area (TPSA) is 3.24 Å². The first-order chi connectivity index (χ1) is 4.72. The molecule has 2 heteroatoms. The Bertz CT molecular complexity index is 75.7. The molecule has 0 amide bonds. The van der Waals surface area contributed by atoms with Crippen molar-refractivity contribution in [3.63, 3.8) is 0 Å². The second-order valence-corrected chi connectivity index (χ2v) is 3.16. The fourth-order valence-corrected chi connectivity index (χ4v) is 0.961. The van der Waals surface area contributed by atoms with Gasteiger partial charge in [0.2, 0.25) is 0 Å². The molecule has 0 radical (unpaired) electrons. The van der Waals surface area contributed by atoms with E-state index in [2.05, 4.69) is 25.8 Å². The molecule has 0 aromatic heterocycles. The van der Waals surface area contributed by atoms with Crippen molar-refractivity contribution in [2.24, 2.45) is 0 Å². The van der Waals surface area contributed by atoms with Gasteiger partial charge in [0.1, 0.15) is 0 Å². The van der Waals surface area contributed by atoms with Crippen LogP contribution in [0.25, 0.3) is 0 Å². The molecule has 0 saturated heterocycles. The normalized spacial score (nSPS) is 14.1. The summed E-state index contributed by atoms with van der Waals surface area (Å²) in [7, 11) is 2.15. The Morgan fingerprint density at radius 1 is 1.50 bits per heavy atom. The fourth-order valence-electron chi connectivity index (χ4n) is 0.841. The summed E-state index contributed by atoms with van der Waals surface area (Å²) in [4.78, 5) is 2.35. The number of nitrogens with zero attached hydrogens (tertiary/aromatic N) is 1. The van der Waals surface area contributed by atoms with E-state index in [1.54, 1.807) is 0 Å². The molecule has 1 nitrogen and oxygen atoms in total. The van der Waals surface area contributed by atoms with Crippen LogP contribution in [0.5, 0.6) is 0 Å². The minimum absolute atomic E-state index is 0.697. The molecule has 0 aromatic rings. The zero-order valence-corrected chi connectivity index (χ0v) is 7.99. The van der Waals surface area contributed by atoms with Gasteiger partial charge < -0.3 is 4.90 Å². The number of hydrogen-bond donors (Lipinski definition) is 0. The quantitative estimate of drug-likeness (QED) is 0.563. The van der Waals surface area contributed by atoms with E-state index in [0.717, 1.165) is 18.8 Å². The molecule has 0 rings (SSSR count). The van der Waals surface area contributed by atoms with Crippen LogP contribution in [0.2, 0.25) is 0 Å². The van der Waals surface area contributed by atoms with Crippen LogP contribution < -0.4 is 0 Å². The first kappa shape index (κ1) is 10.2. The predicted octanol–water partition coefficient (Wildman–Crippen LogP) is 2.35. The zero-order chi connectivity index (χ0) is 7.98. The van der Waals surface area contributed by atoms with Crippen LogP contribution in [0, 0.1) is 0 Å². The maximum absolute atomic E-state index is 5.57. The monoisotopic (exact) mass is 163 g/mol. The van der Waals surface area contributed by atoms with Crippen LogP contribution in [0.15, 0.2) is 0 Å². The van der Waals surface area contributed by atoms with Gasteiger partial charge >= 0.3 is 0 Å². The van der Waals surface area contributed by atoms with E-state index in [1.165, 1.54) is 6.42 Å². The highest BCUT2D eigenvalue weighted by atomic mass is 35.5. The zero-order valence-electron chi connectivity index (χ0n) is 7.23. The lowest BCUT2D eigenvalue weighted by Crippen LogP contribution is -2.29. The van der Waals surface area contributed by atoms with E-state index in [-0.39, 0.29) is 0 Å². The van der Waals surface area contributed by atoms with Gasteiger partial charge in [0, 0.05) is 11.9 Å². The molecule has 1 unspecified atom stereocenters. The number of halogens is 1. The van der Waals surface area contributed by atoms with Gasteiger partial charge in [0.25, 0.3) is 0 Å². The summed E-state index contributed by atoms with van der Waals surface area (Å²) in [6, 6.07) is 0.697. The number of hydrogen-bond acceptors (Lipinski definition) is 1. The van der Waals surface area contributed by atoms with Crippen LogP contribution in [0.1, 0.15) is 26.7 Å². The molecule has 0 aromatic carbocycles. The minimum Gasteiger partial charge on any atom is -0.304 e. The molecule has 0 N–H and O–H groups in total. The third kappa shape index (κ3) is 4.13. The van der Waals surface area contributed by atoms with Gasteiger partial charge in [-0.2, -0.15) is 0 Å². The summed E-state index contributed by atoms with van der Waals surface area (Å²) in [6.07, 6.45) is 2.32. The van der Waals surface area contributed by atoms with Crippen LogP contribution >= 0.6 is 11.6 Å². The first-order valence-corrected chi connectivity index (χ1v) is 4.52. The van der Waals surface area contributed by atoms with Crippen LogP contribution in [0.4, 0.5) is 0 Å². The second-order valence-electron chi connectivity index (χ2n) is 2.78. The highest BCUT2D eigenvalue weighted by molar-refractivity contribution is 6.17. The lowest BCUT2D eigenvalue weighted by atomic mass is 10.2. The third-order valence-electron chi connectivity index (χ3n) is 1.99.